The zero-order valence-electron chi connectivity index (χ0n) is 9.67. The maximum Gasteiger partial charge on any atom is 0.270 e. The smallest absolute Gasteiger partial charge is 0.270 e. The fourth-order valence-electron chi connectivity index (χ4n) is 1.26. The average Bonchev–Trinajstić information content (AvgIpc) is 2.63. The van der Waals surface area contributed by atoms with Crippen molar-refractivity contribution in [2.45, 2.75) is 17.2 Å². The minimum absolute atomic E-state index is 0.0685. The van der Waals surface area contributed by atoms with E-state index in [1.807, 2.05) is 0 Å². The van der Waals surface area contributed by atoms with E-state index >= 15 is 0 Å². The molecule has 1 heterocycles. The molecule has 0 aliphatic heterocycles. The van der Waals surface area contributed by atoms with Crippen molar-refractivity contribution in [2.75, 3.05) is 12.0 Å². The van der Waals surface area contributed by atoms with Gasteiger partial charge in [0.1, 0.15) is 4.21 Å². The summed E-state index contributed by atoms with van der Waals surface area (Å²) in [6, 6.07) is 0.970. The van der Waals surface area contributed by atoms with Gasteiger partial charge in [0.15, 0.2) is 0 Å². The van der Waals surface area contributed by atoms with E-state index in [1.54, 1.807) is 13.2 Å². The van der Waals surface area contributed by atoms with Crippen molar-refractivity contribution in [1.29, 1.82) is 0 Å². The van der Waals surface area contributed by atoms with Gasteiger partial charge in [0.05, 0.1) is 5.56 Å². The van der Waals surface area contributed by atoms with E-state index in [2.05, 4.69) is 5.32 Å². The SMILES string of the molecule is CC(CS(C)=O)NC(=O)c1csc(S(=O)(=O)Cl)c1. The standard InChI is InChI=1S/C9H12ClNO4S3/c1-6(5-17(2)13)11-9(12)7-3-8(16-4-7)18(10,14)15/h3-4,6H,5H2,1-2H3,(H,11,12). The summed E-state index contributed by atoms with van der Waals surface area (Å²) in [5, 5.41) is 4.05. The molecule has 18 heavy (non-hydrogen) atoms. The number of thiophene rings is 1. The minimum Gasteiger partial charge on any atom is -0.349 e. The molecule has 1 N–H and O–H groups in total. The van der Waals surface area contributed by atoms with Gasteiger partial charge in [-0.05, 0) is 13.0 Å². The summed E-state index contributed by atoms with van der Waals surface area (Å²) in [7, 11) is 0.355. The van der Waals surface area contributed by atoms with Crippen LogP contribution in [0.2, 0.25) is 0 Å². The van der Waals surface area contributed by atoms with Crippen molar-refractivity contribution in [2.24, 2.45) is 0 Å². The molecule has 1 rings (SSSR count). The molecule has 5 nitrogen and oxygen atoms in total. The average molecular weight is 330 g/mol. The number of hydrogen-bond acceptors (Lipinski definition) is 5. The number of amides is 1. The predicted octanol–water partition coefficient (Wildman–Crippen LogP) is 1.17. The minimum atomic E-state index is -3.80. The van der Waals surface area contributed by atoms with Gasteiger partial charge in [-0.3, -0.25) is 9.00 Å². The number of carbonyl (C=O) groups excluding carboxylic acids is 1. The molecular formula is C9H12ClNO4S3. The number of halogens is 1. The van der Waals surface area contributed by atoms with E-state index < -0.39 is 25.8 Å². The summed E-state index contributed by atoms with van der Waals surface area (Å²) in [6.07, 6.45) is 1.55. The van der Waals surface area contributed by atoms with E-state index in [4.69, 9.17) is 10.7 Å². The Morgan fingerprint density at radius 2 is 2.22 bits per heavy atom. The molecule has 2 atom stereocenters. The zero-order valence-corrected chi connectivity index (χ0v) is 12.9. The summed E-state index contributed by atoms with van der Waals surface area (Å²) in [5.74, 6) is -0.0629. The first-order valence-electron chi connectivity index (χ1n) is 4.84. The van der Waals surface area contributed by atoms with Gasteiger partial charge in [-0.2, -0.15) is 0 Å². The van der Waals surface area contributed by atoms with Crippen LogP contribution in [0.4, 0.5) is 0 Å². The highest BCUT2D eigenvalue weighted by molar-refractivity contribution is 8.15. The normalized spacial score (nSPS) is 15.1. The Hall–Kier alpha value is -0.440. The molecule has 1 aromatic heterocycles. The molecule has 0 bridgehead atoms. The van der Waals surface area contributed by atoms with Crippen LogP contribution in [0.25, 0.3) is 0 Å². The maximum atomic E-state index is 11.7. The fraction of sp³-hybridized carbons (Fsp3) is 0.444. The van der Waals surface area contributed by atoms with Gasteiger partial charge in [-0.15, -0.1) is 11.3 Å². The highest BCUT2D eigenvalue weighted by Gasteiger charge is 2.17. The summed E-state index contributed by atoms with van der Waals surface area (Å²) < 4.78 is 33.0. The quantitative estimate of drug-likeness (QED) is 0.822. The van der Waals surface area contributed by atoms with Crippen molar-refractivity contribution in [3.05, 3.63) is 17.0 Å². The molecule has 0 aromatic carbocycles. The molecule has 0 fully saturated rings. The molecule has 0 saturated heterocycles. The fourth-order valence-corrected chi connectivity index (χ4v) is 4.00. The Labute approximate surface area is 116 Å². The van der Waals surface area contributed by atoms with E-state index in [1.165, 1.54) is 11.4 Å². The third-order valence-electron chi connectivity index (χ3n) is 1.94. The van der Waals surface area contributed by atoms with Crippen LogP contribution in [0, 0.1) is 0 Å². The van der Waals surface area contributed by atoms with Gasteiger partial charge >= 0.3 is 0 Å². The highest BCUT2D eigenvalue weighted by atomic mass is 35.7. The van der Waals surface area contributed by atoms with Crippen LogP contribution < -0.4 is 5.32 Å². The summed E-state index contributed by atoms with van der Waals surface area (Å²) in [4.78, 5) is 11.7. The first kappa shape index (κ1) is 15.6. The molecule has 102 valence electrons. The largest absolute Gasteiger partial charge is 0.349 e. The summed E-state index contributed by atoms with van der Waals surface area (Å²) in [5.41, 5.74) is 0.230. The van der Waals surface area contributed by atoms with E-state index in [0.717, 1.165) is 11.3 Å². The lowest BCUT2D eigenvalue weighted by molar-refractivity contribution is 0.0944. The van der Waals surface area contributed by atoms with Crippen molar-refractivity contribution in [3.8, 4) is 0 Å². The topological polar surface area (TPSA) is 80.3 Å². The summed E-state index contributed by atoms with van der Waals surface area (Å²) in [6.45, 7) is 1.73. The Kier molecular flexibility index (Phi) is 5.32. The van der Waals surface area contributed by atoms with Gasteiger partial charge in [0.25, 0.3) is 15.0 Å². The molecule has 9 heteroatoms. The molecule has 2 unspecified atom stereocenters. The van der Waals surface area contributed by atoms with Crippen molar-refractivity contribution < 1.29 is 17.4 Å². The Balaban J connectivity index is 2.74. The van der Waals surface area contributed by atoms with Crippen LogP contribution in [0.1, 0.15) is 17.3 Å². The van der Waals surface area contributed by atoms with E-state index in [-0.39, 0.29) is 15.8 Å². The third kappa shape index (κ3) is 4.68. The molecule has 1 amide bonds. The lowest BCUT2D eigenvalue weighted by Gasteiger charge is -2.11. The first-order chi connectivity index (χ1) is 8.20. The second-order valence-electron chi connectivity index (χ2n) is 3.71. The second-order valence-corrected chi connectivity index (χ2v) is 8.89. The number of rotatable bonds is 5. The maximum absolute atomic E-state index is 11.7. The van der Waals surface area contributed by atoms with Crippen molar-refractivity contribution >= 4 is 47.8 Å². The van der Waals surface area contributed by atoms with Crippen LogP contribution in [0.5, 0.6) is 0 Å². The van der Waals surface area contributed by atoms with Gasteiger partial charge < -0.3 is 5.32 Å². The molecule has 1 aromatic rings. The third-order valence-corrected chi connectivity index (χ3v) is 5.95. The monoisotopic (exact) mass is 329 g/mol. The number of hydrogen-bond donors (Lipinski definition) is 1. The molecule has 0 aliphatic carbocycles. The van der Waals surface area contributed by atoms with Crippen LogP contribution in [0.15, 0.2) is 15.7 Å². The van der Waals surface area contributed by atoms with Gasteiger partial charge in [0.2, 0.25) is 0 Å². The first-order valence-corrected chi connectivity index (χ1v) is 9.76. The molecule has 0 saturated carbocycles. The zero-order chi connectivity index (χ0) is 13.9. The second kappa shape index (κ2) is 6.14. The number of carbonyl (C=O) groups is 1. The van der Waals surface area contributed by atoms with Crippen LogP contribution in [-0.4, -0.2) is 36.6 Å². The lowest BCUT2D eigenvalue weighted by atomic mass is 10.3. The lowest BCUT2D eigenvalue weighted by Crippen LogP contribution is -2.35. The van der Waals surface area contributed by atoms with E-state index in [9.17, 15) is 17.4 Å². The van der Waals surface area contributed by atoms with Crippen LogP contribution in [-0.2, 0) is 19.9 Å². The Bertz CT molecular complexity index is 566. The number of nitrogens with one attached hydrogen (secondary N) is 1. The van der Waals surface area contributed by atoms with Crippen molar-refractivity contribution in [1.82, 2.24) is 5.32 Å². The predicted molar refractivity (Wildman–Crippen MR) is 73.2 cm³/mol. The van der Waals surface area contributed by atoms with Gasteiger partial charge in [-0.25, -0.2) is 8.42 Å². The van der Waals surface area contributed by atoms with Crippen molar-refractivity contribution in [3.63, 3.8) is 0 Å². The van der Waals surface area contributed by atoms with Gasteiger partial charge in [-0.1, -0.05) is 0 Å². The molecule has 0 radical (unpaired) electrons. The van der Waals surface area contributed by atoms with Gasteiger partial charge in [0, 0.05) is 44.9 Å². The summed E-state index contributed by atoms with van der Waals surface area (Å²) >= 11 is 0.885. The molecular weight excluding hydrogens is 318 g/mol. The van der Waals surface area contributed by atoms with Crippen LogP contribution >= 0.6 is 22.0 Å². The molecule has 0 spiro atoms. The van der Waals surface area contributed by atoms with Crippen LogP contribution in [0.3, 0.4) is 0 Å². The Morgan fingerprint density at radius 3 is 2.67 bits per heavy atom. The van der Waals surface area contributed by atoms with E-state index in [0.29, 0.717) is 5.75 Å². The highest BCUT2D eigenvalue weighted by Crippen LogP contribution is 2.23. The Morgan fingerprint density at radius 1 is 1.61 bits per heavy atom. The molecule has 0 aliphatic rings.